The zero-order valence-corrected chi connectivity index (χ0v) is 19.0. The molecule has 3 rings (SSSR count). The van der Waals surface area contributed by atoms with E-state index in [4.69, 9.17) is 0 Å². The number of anilines is 1. The van der Waals surface area contributed by atoms with Gasteiger partial charge in [0.2, 0.25) is 0 Å². The zero-order valence-electron chi connectivity index (χ0n) is 19.0. The average Bonchev–Trinajstić information content (AvgIpc) is 2.86. The molecule has 0 aliphatic rings. The fraction of sp³-hybridized carbons (Fsp3) is 0.222. The molecule has 33 heavy (non-hydrogen) atoms. The van der Waals surface area contributed by atoms with Crippen LogP contribution in [0.5, 0.6) is 0 Å². The Morgan fingerprint density at radius 1 is 0.606 bits per heavy atom. The fourth-order valence-electron chi connectivity index (χ4n) is 3.30. The van der Waals surface area contributed by atoms with Crippen molar-refractivity contribution in [2.24, 2.45) is 0 Å². The van der Waals surface area contributed by atoms with E-state index >= 15 is 0 Å². The Balaban J connectivity index is 1.57. The molecule has 0 saturated heterocycles. The van der Waals surface area contributed by atoms with Gasteiger partial charge in [-0.15, -0.1) is 0 Å². The number of hydrogen-bond donors (Lipinski definition) is 3. The molecule has 3 aromatic rings. The van der Waals surface area contributed by atoms with Gasteiger partial charge >= 0.3 is 11.8 Å². The molecule has 0 heterocycles. The smallest absolute Gasteiger partial charge is 0.313 e. The summed E-state index contributed by atoms with van der Waals surface area (Å²) in [6.45, 7) is 4.77. The lowest BCUT2D eigenvalue weighted by Gasteiger charge is -2.12. The van der Waals surface area contributed by atoms with E-state index in [-0.39, 0.29) is 18.1 Å². The molecular weight excluding hydrogens is 414 g/mol. The van der Waals surface area contributed by atoms with Gasteiger partial charge in [-0.3, -0.25) is 14.4 Å². The number of rotatable bonds is 8. The Labute approximate surface area is 194 Å². The lowest BCUT2D eigenvalue weighted by Crippen LogP contribution is -2.35. The van der Waals surface area contributed by atoms with Crippen LogP contribution in [0.2, 0.25) is 0 Å². The summed E-state index contributed by atoms with van der Waals surface area (Å²) >= 11 is 0. The summed E-state index contributed by atoms with van der Waals surface area (Å²) < 4.78 is 0. The van der Waals surface area contributed by atoms with Crippen LogP contribution < -0.4 is 16.0 Å². The topological polar surface area (TPSA) is 87.3 Å². The molecule has 0 bridgehead atoms. The normalized spacial score (nSPS) is 10.4. The van der Waals surface area contributed by atoms with Crippen molar-refractivity contribution in [2.45, 2.75) is 39.8 Å². The molecule has 0 aliphatic heterocycles. The van der Waals surface area contributed by atoms with Gasteiger partial charge in [-0.1, -0.05) is 74.5 Å². The number of benzene rings is 3. The summed E-state index contributed by atoms with van der Waals surface area (Å²) in [5.74, 6) is -1.92. The molecule has 3 N–H and O–H groups in total. The van der Waals surface area contributed by atoms with Crippen LogP contribution in [-0.4, -0.2) is 17.7 Å². The van der Waals surface area contributed by atoms with E-state index in [1.165, 1.54) is 11.1 Å². The highest BCUT2D eigenvalue weighted by Gasteiger charge is 2.17. The molecular formula is C27H29N3O3. The highest BCUT2D eigenvalue weighted by Crippen LogP contribution is 2.15. The number of carbonyl (C=O) groups excluding carboxylic acids is 3. The number of hydrogen-bond acceptors (Lipinski definition) is 3. The first-order valence-electron chi connectivity index (χ1n) is 11.1. The minimum Gasteiger partial charge on any atom is -0.348 e. The number of para-hydroxylation sites is 1. The predicted molar refractivity (Wildman–Crippen MR) is 130 cm³/mol. The molecule has 0 fully saturated rings. The summed E-state index contributed by atoms with van der Waals surface area (Å²) in [7, 11) is 0. The number of carbonyl (C=O) groups is 3. The molecule has 0 radical (unpaired) electrons. The maximum atomic E-state index is 12.7. The second-order valence-electron chi connectivity index (χ2n) is 7.71. The van der Waals surface area contributed by atoms with E-state index in [0.29, 0.717) is 12.1 Å². The molecule has 3 amide bonds. The van der Waals surface area contributed by atoms with Crippen molar-refractivity contribution in [3.8, 4) is 0 Å². The van der Waals surface area contributed by atoms with Crippen LogP contribution >= 0.6 is 0 Å². The summed E-state index contributed by atoms with van der Waals surface area (Å²) in [6.07, 6.45) is 1.89. The molecule has 0 aromatic heterocycles. The average molecular weight is 444 g/mol. The highest BCUT2D eigenvalue weighted by molar-refractivity contribution is 6.40. The van der Waals surface area contributed by atoms with Gasteiger partial charge in [0.1, 0.15) is 0 Å². The van der Waals surface area contributed by atoms with Crippen molar-refractivity contribution in [1.82, 2.24) is 10.6 Å². The fourth-order valence-corrected chi connectivity index (χ4v) is 3.30. The molecule has 0 atom stereocenters. The Kier molecular flexibility index (Phi) is 8.36. The van der Waals surface area contributed by atoms with Crippen molar-refractivity contribution in [3.05, 3.63) is 101 Å². The van der Waals surface area contributed by atoms with Gasteiger partial charge in [-0.2, -0.15) is 0 Å². The molecule has 6 heteroatoms. The Hall–Kier alpha value is -3.93. The summed E-state index contributed by atoms with van der Waals surface area (Å²) in [5.41, 5.74) is 4.89. The van der Waals surface area contributed by atoms with Crippen molar-refractivity contribution < 1.29 is 14.4 Å². The Morgan fingerprint density at radius 2 is 1.09 bits per heavy atom. The second-order valence-corrected chi connectivity index (χ2v) is 7.71. The predicted octanol–water partition coefficient (Wildman–Crippen LogP) is 4.00. The van der Waals surface area contributed by atoms with Gasteiger partial charge in [-0.25, -0.2) is 0 Å². The van der Waals surface area contributed by atoms with Gasteiger partial charge in [0.05, 0.1) is 11.3 Å². The van der Waals surface area contributed by atoms with Gasteiger partial charge in [0, 0.05) is 13.1 Å². The SMILES string of the molecule is CCc1ccc(CNC(=O)C(=O)Nc2ccccc2C(=O)NCc2ccc(CC)cc2)cc1. The quantitative estimate of drug-likeness (QED) is 0.460. The van der Waals surface area contributed by atoms with E-state index < -0.39 is 11.8 Å². The van der Waals surface area contributed by atoms with Crippen LogP contribution in [-0.2, 0) is 35.5 Å². The zero-order chi connectivity index (χ0) is 23.6. The van der Waals surface area contributed by atoms with Crippen molar-refractivity contribution >= 4 is 23.4 Å². The van der Waals surface area contributed by atoms with E-state index in [1.807, 2.05) is 48.5 Å². The third-order valence-corrected chi connectivity index (χ3v) is 5.39. The van der Waals surface area contributed by atoms with Crippen LogP contribution in [0.1, 0.15) is 46.5 Å². The van der Waals surface area contributed by atoms with Gasteiger partial charge in [0.25, 0.3) is 5.91 Å². The third-order valence-electron chi connectivity index (χ3n) is 5.39. The minimum atomic E-state index is -0.824. The van der Waals surface area contributed by atoms with E-state index in [9.17, 15) is 14.4 Å². The van der Waals surface area contributed by atoms with Crippen LogP contribution in [0.15, 0.2) is 72.8 Å². The summed E-state index contributed by atoms with van der Waals surface area (Å²) in [6, 6.07) is 22.5. The van der Waals surface area contributed by atoms with E-state index in [2.05, 4.69) is 29.8 Å². The van der Waals surface area contributed by atoms with Crippen molar-refractivity contribution in [3.63, 3.8) is 0 Å². The minimum absolute atomic E-state index is 0.245. The van der Waals surface area contributed by atoms with Crippen LogP contribution in [0.3, 0.4) is 0 Å². The first kappa shape index (κ1) is 23.7. The molecule has 0 spiro atoms. The second kappa shape index (κ2) is 11.6. The maximum Gasteiger partial charge on any atom is 0.313 e. The molecule has 170 valence electrons. The summed E-state index contributed by atoms with van der Waals surface area (Å²) in [4.78, 5) is 37.4. The Bertz CT molecular complexity index is 1110. The molecule has 0 aliphatic carbocycles. The molecule has 6 nitrogen and oxygen atoms in total. The van der Waals surface area contributed by atoms with Crippen LogP contribution in [0, 0.1) is 0 Å². The maximum absolute atomic E-state index is 12.7. The van der Waals surface area contributed by atoms with Crippen molar-refractivity contribution in [2.75, 3.05) is 5.32 Å². The Morgan fingerprint density at radius 3 is 1.64 bits per heavy atom. The molecule has 3 aromatic carbocycles. The van der Waals surface area contributed by atoms with E-state index in [1.54, 1.807) is 24.3 Å². The molecule has 0 unspecified atom stereocenters. The van der Waals surface area contributed by atoms with Crippen LogP contribution in [0.25, 0.3) is 0 Å². The third kappa shape index (κ3) is 6.77. The first-order chi connectivity index (χ1) is 16.0. The standard InChI is InChI=1S/C27H29N3O3/c1-3-19-9-13-21(14-10-19)17-28-25(31)23-7-5-6-8-24(23)30-27(33)26(32)29-18-22-15-11-20(4-2)12-16-22/h5-16H,3-4,17-18H2,1-2H3,(H,28,31)(H,29,32)(H,30,33). The number of aryl methyl sites for hydroxylation is 2. The van der Waals surface area contributed by atoms with Crippen LogP contribution in [0.4, 0.5) is 5.69 Å². The summed E-state index contributed by atoms with van der Waals surface area (Å²) in [5, 5.41) is 8.02. The lowest BCUT2D eigenvalue weighted by molar-refractivity contribution is -0.136. The van der Waals surface area contributed by atoms with Gasteiger partial charge in [0.15, 0.2) is 0 Å². The van der Waals surface area contributed by atoms with Gasteiger partial charge in [-0.05, 0) is 47.2 Å². The molecule has 0 saturated carbocycles. The number of amides is 3. The largest absolute Gasteiger partial charge is 0.348 e. The lowest BCUT2D eigenvalue weighted by atomic mass is 10.1. The van der Waals surface area contributed by atoms with Crippen molar-refractivity contribution in [1.29, 1.82) is 0 Å². The monoisotopic (exact) mass is 443 g/mol. The van der Waals surface area contributed by atoms with E-state index in [0.717, 1.165) is 24.0 Å². The first-order valence-corrected chi connectivity index (χ1v) is 11.1. The number of nitrogens with one attached hydrogen (secondary N) is 3. The highest BCUT2D eigenvalue weighted by atomic mass is 16.2. The van der Waals surface area contributed by atoms with Gasteiger partial charge < -0.3 is 16.0 Å².